The number of pyridine rings is 1. The Balaban J connectivity index is 2.34. The second-order valence-electron chi connectivity index (χ2n) is 3.80. The van der Waals surface area contributed by atoms with E-state index in [0.29, 0.717) is 22.1 Å². The maximum atomic E-state index is 10.7. The molecule has 0 radical (unpaired) electrons. The third-order valence-electron chi connectivity index (χ3n) is 2.46. The van der Waals surface area contributed by atoms with Crippen LogP contribution >= 0.6 is 15.9 Å². The van der Waals surface area contributed by atoms with Crippen molar-refractivity contribution in [1.82, 2.24) is 4.98 Å². The Morgan fingerprint density at radius 1 is 1.38 bits per heavy atom. The van der Waals surface area contributed by atoms with Gasteiger partial charge in [-0.15, -0.1) is 0 Å². The molecule has 1 aromatic heterocycles. The summed E-state index contributed by atoms with van der Waals surface area (Å²) in [5.41, 5.74) is -0.262. The molecule has 2 aromatic rings. The van der Waals surface area contributed by atoms with Crippen LogP contribution in [0.4, 0.5) is 5.69 Å². The second-order valence-corrected chi connectivity index (χ2v) is 4.65. The highest BCUT2D eigenvalue weighted by molar-refractivity contribution is 9.10. The molecular formula is C13H6BrN3O4. The Bertz CT molecular complexity index is 770. The van der Waals surface area contributed by atoms with Crippen molar-refractivity contribution in [1.29, 1.82) is 5.26 Å². The van der Waals surface area contributed by atoms with Gasteiger partial charge in [-0.1, -0.05) is 0 Å². The van der Waals surface area contributed by atoms with Crippen LogP contribution in [-0.4, -0.2) is 16.2 Å². The summed E-state index contributed by atoms with van der Waals surface area (Å²) in [5, 5.41) is 19.6. The van der Waals surface area contributed by atoms with E-state index in [0.717, 1.165) is 6.07 Å². The lowest BCUT2D eigenvalue weighted by atomic mass is 10.2. The summed E-state index contributed by atoms with van der Waals surface area (Å²) in [5.74, 6) is 0.405. The molecule has 8 heteroatoms. The largest absolute Gasteiger partial charge is 0.438 e. The molecule has 2 rings (SSSR count). The predicted octanol–water partition coefficient (Wildman–Crippen LogP) is 3.23. The van der Waals surface area contributed by atoms with Gasteiger partial charge in [-0.2, -0.15) is 10.2 Å². The lowest BCUT2D eigenvalue weighted by molar-refractivity contribution is -0.385. The van der Waals surface area contributed by atoms with Gasteiger partial charge < -0.3 is 4.74 Å². The number of aromatic nitrogens is 1. The number of nitriles is 1. The molecule has 0 aliphatic carbocycles. The molecule has 21 heavy (non-hydrogen) atoms. The first-order valence-corrected chi connectivity index (χ1v) is 6.32. The number of ether oxygens (including phenoxy) is 1. The van der Waals surface area contributed by atoms with E-state index in [-0.39, 0.29) is 17.3 Å². The topological polar surface area (TPSA) is 106 Å². The number of carbonyl (C=O) groups is 1. The zero-order valence-corrected chi connectivity index (χ0v) is 11.9. The maximum absolute atomic E-state index is 10.7. The summed E-state index contributed by atoms with van der Waals surface area (Å²) in [6, 6.07) is 8.73. The first-order valence-electron chi connectivity index (χ1n) is 5.53. The highest BCUT2D eigenvalue weighted by atomic mass is 79.9. The first-order chi connectivity index (χ1) is 10.0. The summed E-state index contributed by atoms with van der Waals surface area (Å²) in [6.45, 7) is 0. The number of nitrogens with zero attached hydrogens (tertiary/aromatic N) is 3. The minimum atomic E-state index is -0.690. The molecule has 0 N–H and O–H groups in total. The van der Waals surface area contributed by atoms with Gasteiger partial charge in [0.1, 0.15) is 18.1 Å². The van der Waals surface area contributed by atoms with Crippen molar-refractivity contribution in [2.45, 2.75) is 0 Å². The van der Waals surface area contributed by atoms with Gasteiger partial charge >= 0.3 is 5.69 Å². The second kappa shape index (κ2) is 6.11. The summed E-state index contributed by atoms with van der Waals surface area (Å²) in [7, 11) is 0. The number of halogens is 1. The molecule has 0 aliphatic rings. The number of hydrogen-bond donors (Lipinski definition) is 0. The third kappa shape index (κ3) is 3.21. The zero-order chi connectivity index (χ0) is 15.4. The van der Waals surface area contributed by atoms with Crippen LogP contribution in [0.3, 0.4) is 0 Å². The van der Waals surface area contributed by atoms with Crippen molar-refractivity contribution in [2.24, 2.45) is 0 Å². The van der Waals surface area contributed by atoms with Crippen LogP contribution < -0.4 is 4.74 Å². The monoisotopic (exact) mass is 347 g/mol. The van der Waals surface area contributed by atoms with Crippen molar-refractivity contribution >= 4 is 27.9 Å². The van der Waals surface area contributed by atoms with E-state index in [1.807, 2.05) is 0 Å². The van der Waals surface area contributed by atoms with Crippen molar-refractivity contribution in [3.05, 3.63) is 56.2 Å². The third-order valence-corrected chi connectivity index (χ3v) is 3.08. The molecule has 0 bridgehead atoms. The van der Waals surface area contributed by atoms with Crippen LogP contribution in [0.2, 0.25) is 0 Å². The average molecular weight is 348 g/mol. The van der Waals surface area contributed by atoms with Gasteiger partial charge in [0.15, 0.2) is 0 Å². The molecule has 0 saturated heterocycles. The normalized spacial score (nSPS) is 9.71. The number of hydrogen-bond acceptors (Lipinski definition) is 6. The Kier molecular flexibility index (Phi) is 4.25. The van der Waals surface area contributed by atoms with Crippen LogP contribution in [0.25, 0.3) is 0 Å². The van der Waals surface area contributed by atoms with Crippen LogP contribution in [0.5, 0.6) is 11.6 Å². The SMILES string of the molecule is N#Cc1nc(Oc2ccc(C=O)cc2Br)ccc1[N+](=O)[O-]. The standard InChI is InChI=1S/C13H6BrN3O4/c14-9-5-8(7-18)1-3-12(9)21-13-4-2-11(17(19)20)10(6-15)16-13/h1-5,7H. The molecule has 0 fully saturated rings. The molecule has 104 valence electrons. The van der Waals surface area contributed by atoms with E-state index in [9.17, 15) is 14.9 Å². The van der Waals surface area contributed by atoms with E-state index >= 15 is 0 Å². The van der Waals surface area contributed by atoms with E-state index in [1.54, 1.807) is 24.3 Å². The molecular weight excluding hydrogens is 342 g/mol. The van der Waals surface area contributed by atoms with E-state index in [4.69, 9.17) is 10.00 Å². The average Bonchev–Trinajstić information content (AvgIpc) is 2.48. The highest BCUT2D eigenvalue weighted by Crippen LogP contribution is 2.30. The minimum absolute atomic E-state index is 0.0386. The Morgan fingerprint density at radius 2 is 2.14 bits per heavy atom. The summed E-state index contributed by atoms with van der Waals surface area (Å²) >= 11 is 3.23. The van der Waals surface area contributed by atoms with Crippen molar-refractivity contribution in [2.75, 3.05) is 0 Å². The van der Waals surface area contributed by atoms with Gasteiger partial charge in [-0.05, 0) is 34.1 Å². The highest BCUT2D eigenvalue weighted by Gasteiger charge is 2.16. The van der Waals surface area contributed by atoms with Crippen LogP contribution in [-0.2, 0) is 0 Å². The van der Waals surface area contributed by atoms with Crippen LogP contribution in [0.15, 0.2) is 34.8 Å². The number of rotatable bonds is 4. The van der Waals surface area contributed by atoms with Gasteiger partial charge in [-0.3, -0.25) is 14.9 Å². The minimum Gasteiger partial charge on any atom is -0.438 e. The summed E-state index contributed by atoms with van der Waals surface area (Å²) in [4.78, 5) is 24.4. The fourth-order valence-electron chi connectivity index (χ4n) is 1.51. The number of benzene rings is 1. The lowest BCUT2D eigenvalue weighted by Gasteiger charge is -2.07. The number of carbonyl (C=O) groups excluding carboxylic acids is 1. The molecule has 0 atom stereocenters. The van der Waals surface area contributed by atoms with E-state index in [2.05, 4.69) is 20.9 Å². The van der Waals surface area contributed by atoms with Gasteiger partial charge in [-0.25, -0.2) is 0 Å². The maximum Gasteiger partial charge on any atom is 0.305 e. The zero-order valence-electron chi connectivity index (χ0n) is 10.3. The molecule has 0 spiro atoms. The lowest BCUT2D eigenvalue weighted by Crippen LogP contribution is -1.97. The predicted molar refractivity (Wildman–Crippen MR) is 75.2 cm³/mol. The van der Waals surface area contributed by atoms with Gasteiger partial charge in [0, 0.05) is 17.7 Å². The molecule has 7 nitrogen and oxygen atoms in total. The summed E-state index contributed by atoms with van der Waals surface area (Å²) in [6.07, 6.45) is 0.687. The van der Waals surface area contributed by atoms with Gasteiger partial charge in [0.05, 0.1) is 9.40 Å². The van der Waals surface area contributed by atoms with E-state index in [1.165, 1.54) is 6.07 Å². The van der Waals surface area contributed by atoms with Gasteiger partial charge in [0.25, 0.3) is 0 Å². The first kappa shape index (κ1) is 14.6. The van der Waals surface area contributed by atoms with Gasteiger partial charge in [0.2, 0.25) is 11.6 Å². The van der Waals surface area contributed by atoms with Crippen molar-refractivity contribution < 1.29 is 14.5 Å². The van der Waals surface area contributed by atoms with E-state index < -0.39 is 4.92 Å². The number of nitro groups is 1. The quantitative estimate of drug-likeness (QED) is 0.477. The molecule has 0 aliphatic heterocycles. The van der Waals surface area contributed by atoms with Crippen molar-refractivity contribution in [3.8, 4) is 17.7 Å². The van der Waals surface area contributed by atoms with Crippen molar-refractivity contribution in [3.63, 3.8) is 0 Å². The number of aldehydes is 1. The summed E-state index contributed by atoms with van der Waals surface area (Å²) < 4.78 is 5.96. The molecule has 0 amide bonds. The smallest absolute Gasteiger partial charge is 0.305 e. The molecule has 0 unspecified atom stereocenters. The Labute approximate surface area is 127 Å². The Morgan fingerprint density at radius 3 is 2.71 bits per heavy atom. The fraction of sp³-hybridized carbons (Fsp3) is 0. The van der Waals surface area contributed by atoms with Crippen LogP contribution in [0.1, 0.15) is 16.1 Å². The molecule has 0 saturated carbocycles. The van der Waals surface area contributed by atoms with Crippen LogP contribution in [0, 0.1) is 21.4 Å². The molecule has 1 heterocycles. The molecule has 1 aromatic carbocycles. The fourth-order valence-corrected chi connectivity index (χ4v) is 1.98. The Hall–Kier alpha value is -2.79.